The summed E-state index contributed by atoms with van der Waals surface area (Å²) in [5.41, 5.74) is 0. The van der Waals surface area contributed by atoms with Gasteiger partial charge < -0.3 is 10.0 Å². The minimum atomic E-state index is -0.761. The molecular formula is C14H26N2O3. The maximum atomic E-state index is 12.0. The van der Waals surface area contributed by atoms with Crippen LogP contribution in [0.4, 0.5) is 0 Å². The second-order valence-corrected chi connectivity index (χ2v) is 5.58. The summed E-state index contributed by atoms with van der Waals surface area (Å²) < 4.78 is 0. The second-order valence-electron chi connectivity index (χ2n) is 5.58. The van der Waals surface area contributed by atoms with Crippen molar-refractivity contribution in [1.29, 1.82) is 0 Å². The number of hydrogen-bond donors (Lipinski definition) is 1. The third-order valence-electron chi connectivity index (χ3n) is 3.98. The lowest BCUT2D eigenvalue weighted by molar-refractivity contribution is -0.139. The highest BCUT2D eigenvalue weighted by Gasteiger charge is 2.25. The lowest BCUT2D eigenvalue weighted by Gasteiger charge is -2.38. The maximum absolute atomic E-state index is 12.0. The topological polar surface area (TPSA) is 60.9 Å². The van der Waals surface area contributed by atoms with Gasteiger partial charge >= 0.3 is 5.97 Å². The van der Waals surface area contributed by atoms with Crippen molar-refractivity contribution in [2.24, 2.45) is 5.92 Å². The molecule has 0 aromatic rings. The fourth-order valence-electron chi connectivity index (χ4n) is 2.37. The third kappa shape index (κ3) is 5.19. The molecule has 0 saturated carbocycles. The number of aliphatic carboxylic acids is 1. The minimum Gasteiger partial charge on any atom is -0.481 e. The number of carboxylic acid groups (broad SMARTS) is 1. The molecule has 0 aliphatic carbocycles. The van der Waals surface area contributed by atoms with Gasteiger partial charge in [-0.25, -0.2) is 0 Å². The summed E-state index contributed by atoms with van der Waals surface area (Å²) in [6, 6.07) is 0.0457. The van der Waals surface area contributed by atoms with E-state index in [-0.39, 0.29) is 18.4 Å². The number of nitrogens with zero attached hydrogens (tertiary/aromatic N) is 2. The minimum absolute atomic E-state index is 0.0457. The summed E-state index contributed by atoms with van der Waals surface area (Å²) in [6.07, 6.45) is 1.82. The van der Waals surface area contributed by atoms with Crippen molar-refractivity contribution in [2.75, 3.05) is 26.2 Å². The highest BCUT2D eigenvalue weighted by atomic mass is 16.4. The summed E-state index contributed by atoms with van der Waals surface area (Å²) in [6.45, 7) is 9.14. The Balaban J connectivity index is 2.36. The van der Waals surface area contributed by atoms with Crippen LogP contribution in [0.3, 0.4) is 0 Å². The van der Waals surface area contributed by atoms with E-state index >= 15 is 0 Å². The molecule has 1 heterocycles. The van der Waals surface area contributed by atoms with E-state index in [2.05, 4.69) is 18.7 Å². The summed E-state index contributed by atoms with van der Waals surface area (Å²) in [7, 11) is 0. The molecule has 19 heavy (non-hydrogen) atoms. The fraction of sp³-hybridized carbons (Fsp3) is 0.857. The average Bonchev–Trinajstić information content (AvgIpc) is 2.37. The molecular weight excluding hydrogens is 244 g/mol. The first kappa shape index (κ1) is 16.0. The monoisotopic (exact) mass is 270 g/mol. The van der Waals surface area contributed by atoms with Crippen LogP contribution >= 0.6 is 0 Å². The molecule has 5 heteroatoms. The first-order chi connectivity index (χ1) is 8.93. The van der Waals surface area contributed by atoms with Gasteiger partial charge in [-0.15, -0.1) is 0 Å². The van der Waals surface area contributed by atoms with Crippen LogP contribution in [0.2, 0.25) is 0 Å². The van der Waals surface area contributed by atoms with Crippen LogP contribution in [0.1, 0.15) is 40.0 Å². The van der Waals surface area contributed by atoms with E-state index in [1.54, 1.807) is 0 Å². The number of rotatable bonds is 6. The lowest BCUT2D eigenvalue weighted by atomic mass is 10.0. The van der Waals surface area contributed by atoms with Gasteiger partial charge in [0.2, 0.25) is 5.91 Å². The van der Waals surface area contributed by atoms with E-state index in [1.807, 2.05) is 11.8 Å². The van der Waals surface area contributed by atoms with Crippen LogP contribution in [-0.2, 0) is 9.59 Å². The van der Waals surface area contributed by atoms with Crippen LogP contribution in [0.15, 0.2) is 0 Å². The van der Waals surface area contributed by atoms with Gasteiger partial charge in [0.25, 0.3) is 0 Å². The average molecular weight is 270 g/mol. The molecule has 2 atom stereocenters. The lowest BCUT2D eigenvalue weighted by Crippen LogP contribution is -2.51. The van der Waals surface area contributed by atoms with Gasteiger partial charge in [0.15, 0.2) is 0 Å². The molecule has 1 aliphatic rings. The maximum Gasteiger partial charge on any atom is 0.304 e. The van der Waals surface area contributed by atoms with Crippen molar-refractivity contribution in [2.45, 2.75) is 46.1 Å². The Bertz CT molecular complexity index is 312. The molecule has 1 saturated heterocycles. The molecule has 0 bridgehead atoms. The van der Waals surface area contributed by atoms with Crippen molar-refractivity contribution in [1.82, 2.24) is 9.80 Å². The molecule has 1 fully saturated rings. The van der Waals surface area contributed by atoms with Crippen molar-refractivity contribution in [3.05, 3.63) is 0 Å². The van der Waals surface area contributed by atoms with Gasteiger partial charge in [-0.1, -0.05) is 20.3 Å². The van der Waals surface area contributed by atoms with E-state index < -0.39 is 5.97 Å². The van der Waals surface area contributed by atoms with E-state index in [1.165, 1.54) is 0 Å². The summed E-state index contributed by atoms with van der Waals surface area (Å²) in [5, 5.41) is 8.79. The number of carboxylic acids is 1. The Kier molecular flexibility index (Phi) is 6.28. The Morgan fingerprint density at radius 3 is 2.16 bits per heavy atom. The van der Waals surface area contributed by atoms with Crippen LogP contribution in [-0.4, -0.2) is 59.0 Å². The first-order valence-electron chi connectivity index (χ1n) is 7.17. The first-order valence-corrected chi connectivity index (χ1v) is 7.17. The van der Waals surface area contributed by atoms with Gasteiger partial charge in [0, 0.05) is 38.6 Å². The Morgan fingerprint density at radius 2 is 1.68 bits per heavy atom. The molecule has 1 rings (SSSR count). The zero-order valence-electron chi connectivity index (χ0n) is 12.3. The highest BCUT2D eigenvalue weighted by Crippen LogP contribution is 2.13. The molecule has 0 aromatic heterocycles. The molecule has 2 unspecified atom stereocenters. The molecule has 1 aliphatic heterocycles. The van der Waals surface area contributed by atoms with Crippen molar-refractivity contribution in [3.8, 4) is 0 Å². The molecule has 0 radical (unpaired) electrons. The number of carbonyl (C=O) groups is 2. The molecule has 5 nitrogen and oxygen atoms in total. The smallest absolute Gasteiger partial charge is 0.304 e. The molecule has 0 aromatic carbocycles. The van der Waals surface area contributed by atoms with Gasteiger partial charge in [-0.3, -0.25) is 14.5 Å². The van der Waals surface area contributed by atoms with E-state index in [0.717, 1.165) is 32.6 Å². The number of amides is 1. The second kappa shape index (κ2) is 7.48. The number of piperazine rings is 1. The normalized spacial score (nSPS) is 20.1. The van der Waals surface area contributed by atoms with E-state index in [9.17, 15) is 9.59 Å². The van der Waals surface area contributed by atoms with Crippen LogP contribution in [0.5, 0.6) is 0 Å². The quantitative estimate of drug-likeness (QED) is 0.793. The summed E-state index contributed by atoms with van der Waals surface area (Å²) >= 11 is 0. The third-order valence-corrected chi connectivity index (χ3v) is 3.98. The zero-order valence-corrected chi connectivity index (χ0v) is 12.3. The Hall–Kier alpha value is -1.10. The van der Waals surface area contributed by atoms with Crippen LogP contribution in [0.25, 0.3) is 0 Å². The largest absolute Gasteiger partial charge is 0.481 e. The van der Waals surface area contributed by atoms with E-state index in [4.69, 9.17) is 5.11 Å². The summed E-state index contributed by atoms with van der Waals surface area (Å²) in [5.74, 6) is -0.0841. The SMILES string of the molecule is CCC(C)CC(=O)N1CCN(C(C)CC(=O)O)CC1. The van der Waals surface area contributed by atoms with Gasteiger partial charge in [-0.2, -0.15) is 0 Å². The molecule has 1 amide bonds. The number of carbonyl (C=O) groups excluding carboxylic acids is 1. The zero-order chi connectivity index (χ0) is 14.4. The van der Waals surface area contributed by atoms with Gasteiger partial charge in [-0.05, 0) is 12.8 Å². The van der Waals surface area contributed by atoms with Crippen LogP contribution in [0, 0.1) is 5.92 Å². The van der Waals surface area contributed by atoms with Gasteiger partial charge in [0.1, 0.15) is 0 Å². The van der Waals surface area contributed by atoms with Gasteiger partial charge in [0.05, 0.1) is 6.42 Å². The highest BCUT2D eigenvalue weighted by molar-refractivity contribution is 5.76. The number of hydrogen-bond acceptors (Lipinski definition) is 3. The van der Waals surface area contributed by atoms with Crippen molar-refractivity contribution in [3.63, 3.8) is 0 Å². The molecule has 1 N–H and O–H groups in total. The van der Waals surface area contributed by atoms with Crippen molar-refractivity contribution < 1.29 is 14.7 Å². The molecule has 0 spiro atoms. The summed E-state index contributed by atoms with van der Waals surface area (Å²) in [4.78, 5) is 26.8. The van der Waals surface area contributed by atoms with Crippen molar-refractivity contribution >= 4 is 11.9 Å². The standard InChI is InChI=1S/C14H26N2O3/c1-4-11(2)9-13(17)16-7-5-15(6-8-16)12(3)10-14(18)19/h11-12H,4-10H2,1-3H3,(H,18,19). The fourth-order valence-corrected chi connectivity index (χ4v) is 2.37. The molecule has 110 valence electrons. The van der Waals surface area contributed by atoms with Crippen LogP contribution < -0.4 is 0 Å². The predicted molar refractivity (Wildman–Crippen MR) is 73.9 cm³/mol. The van der Waals surface area contributed by atoms with E-state index in [0.29, 0.717) is 12.3 Å². The Morgan fingerprint density at radius 1 is 1.11 bits per heavy atom. The Labute approximate surface area is 115 Å². The predicted octanol–water partition coefficient (Wildman–Crippen LogP) is 1.43.